The number of aromatic nitrogens is 1. The molecule has 1 aromatic carbocycles. The summed E-state index contributed by atoms with van der Waals surface area (Å²) >= 11 is 3.22. The van der Waals surface area contributed by atoms with Gasteiger partial charge in [0.25, 0.3) is 5.91 Å². The number of piperidine rings is 1. The predicted molar refractivity (Wildman–Crippen MR) is 112 cm³/mol. The molecule has 1 amide bonds. The molecule has 1 atom stereocenters. The third kappa shape index (κ3) is 3.78. The van der Waals surface area contributed by atoms with Gasteiger partial charge in [-0.3, -0.25) is 4.79 Å². The second-order valence-electron chi connectivity index (χ2n) is 6.64. The van der Waals surface area contributed by atoms with Crippen LogP contribution in [0.3, 0.4) is 0 Å². The summed E-state index contributed by atoms with van der Waals surface area (Å²) in [6, 6.07) is 12.3. The fraction of sp³-hybridized carbons (Fsp3) is 0.368. The summed E-state index contributed by atoms with van der Waals surface area (Å²) in [5.74, 6) is 0.672. The van der Waals surface area contributed by atoms with Gasteiger partial charge in [-0.15, -0.1) is 35.1 Å². The lowest BCUT2D eigenvalue weighted by atomic mass is 9.91. The van der Waals surface area contributed by atoms with Crippen LogP contribution in [0.15, 0.2) is 36.4 Å². The maximum absolute atomic E-state index is 12.8. The molecule has 26 heavy (non-hydrogen) atoms. The highest BCUT2D eigenvalue weighted by Gasteiger charge is 2.26. The molecule has 1 saturated heterocycles. The normalized spacial score (nSPS) is 16.5. The molecule has 0 radical (unpaired) electrons. The lowest BCUT2D eigenvalue weighted by Crippen LogP contribution is -2.42. The average molecular weight is 408 g/mol. The number of amides is 1. The van der Waals surface area contributed by atoms with Crippen molar-refractivity contribution in [3.8, 4) is 9.88 Å². The second kappa shape index (κ2) is 8.05. The molecule has 0 spiro atoms. The van der Waals surface area contributed by atoms with E-state index >= 15 is 0 Å². The van der Waals surface area contributed by atoms with Crippen LogP contribution in [-0.2, 0) is 0 Å². The van der Waals surface area contributed by atoms with Gasteiger partial charge in [-0.1, -0.05) is 12.1 Å². The minimum Gasteiger partial charge on any atom is -0.338 e. The molecule has 2 aromatic heterocycles. The number of thiazole rings is 1. The van der Waals surface area contributed by atoms with Crippen molar-refractivity contribution in [2.24, 2.45) is 11.7 Å². The molecule has 3 aromatic rings. The number of halogens is 1. The highest BCUT2D eigenvalue weighted by molar-refractivity contribution is 7.26. The number of carbonyl (C=O) groups excluding carboxylic acids is 1. The first-order valence-corrected chi connectivity index (χ1v) is 10.3. The van der Waals surface area contributed by atoms with E-state index < -0.39 is 0 Å². The van der Waals surface area contributed by atoms with Gasteiger partial charge in [0.05, 0.1) is 20.0 Å². The minimum atomic E-state index is 0. The average Bonchev–Trinajstić information content (AvgIpc) is 3.27. The van der Waals surface area contributed by atoms with E-state index in [1.807, 2.05) is 35.2 Å². The molecule has 4 nitrogen and oxygen atoms in total. The SMILES string of the molecule is CC(N)C1CCN(C(=O)c2ccc(-c3nc4ccccc4s3)s2)CC1.Cl. The summed E-state index contributed by atoms with van der Waals surface area (Å²) in [5.41, 5.74) is 7.01. The first-order chi connectivity index (χ1) is 12.1. The molecule has 0 saturated carbocycles. The molecular formula is C19H22ClN3OS2. The molecule has 1 aliphatic heterocycles. The number of hydrogen-bond acceptors (Lipinski definition) is 5. The number of rotatable bonds is 3. The van der Waals surface area contributed by atoms with Crippen molar-refractivity contribution in [1.29, 1.82) is 0 Å². The summed E-state index contributed by atoms with van der Waals surface area (Å²) in [5, 5.41) is 0.987. The largest absolute Gasteiger partial charge is 0.338 e. The first-order valence-electron chi connectivity index (χ1n) is 8.62. The standard InChI is InChI=1S/C19H21N3OS2.ClH/c1-12(20)13-8-10-22(11-9-13)19(23)17-7-6-16(24-17)18-21-14-4-2-3-5-15(14)25-18;/h2-7,12-13H,8-11,20H2,1H3;1H. The Morgan fingerprint density at radius 1 is 1.19 bits per heavy atom. The zero-order valence-corrected chi connectivity index (χ0v) is 17.0. The van der Waals surface area contributed by atoms with E-state index in [9.17, 15) is 4.79 Å². The Bertz CT molecular complexity index is 864. The topological polar surface area (TPSA) is 59.2 Å². The first kappa shape index (κ1) is 19.3. The lowest BCUT2D eigenvalue weighted by molar-refractivity contribution is 0.0686. The van der Waals surface area contributed by atoms with Gasteiger partial charge in [0.2, 0.25) is 0 Å². The van der Waals surface area contributed by atoms with Crippen molar-refractivity contribution in [2.45, 2.75) is 25.8 Å². The fourth-order valence-corrected chi connectivity index (χ4v) is 5.32. The number of carbonyl (C=O) groups is 1. The number of likely N-dealkylation sites (tertiary alicyclic amines) is 1. The Kier molecular flexibility index (Phi) is 5.97. The number of fused-ring (bicyclic) bond motifs is 1. The summed E-state index contributed by atoms with van der Waals surface area (Å²) in [6.45, 7) is 3.67. The molecule has 4 rings (SSSR count). The van der Waals surface area contributed by atoms with E-state index in [-0.39, 0.29) is 24.4 Å². The van der Waals surface area contributed by atoms with Crippen LogP contribution >= 0.6 is 35.1 Å². The molecular weight excluding hydrogens is 386 g/mol. The van der Waals surface area contributed by atoms with E-state index in [0.29, 0.717) is 5.92 Å². The maximum atomic E-state index is 12.8. The molecule has 3 heterocycles. The van der Waals surface area contributed by atoms with E-state index in [1.165, 1.54) is 4.70 Å². The van der Waals surface area contributed by atoms with Gasteiger partial charge in [-0.25, -0.2) is 4.98 Å². The summed E-state index contributed by atoms with van der Waals surface area (Å²) in [6.07, 6.45) is 2.00. The predicted octanol–water partition coefficient (Wildman–Crippen LogP) is 4.65. The van der Waals surface area contributed by atoms with Crippen LogP contribution in [0.2, 0.25) is 0 Å². The van der Waals surface area contributed by atoms with Crippen LogP contribution in [0, 0.1) is 5.92 Å². The van der Waals surface area contributed by atoms with Gasteiger partial charge in [0.1, 0.15) is 5.01 Å². The molecule has 1 fully saturated rings. The van der Waals surface area contributed by atoms with E-state index in [4.69, 9.17) is 5.73 Å². The van der Waals surface area contributed by atoms with Crippen LogP contribution in [0.1, 0.15) is 29.4 Å². The number of thiophene rings is 1. The summed E-state index contributed by atoms with van der Waals surface area (Å²) < 4.78 is 1.18. The zero-order chi connectivity index (χ0) is 17.4. The van der Waals surface area contributed by atoms with Crippen LogP contribution in [0.5, 0.6) is 0 Å². The van der Waals surface area contributed by atoms with Crippen LogP contribution in [-0.4, -0.2) is 34.9 Å². The molecule has 0 aliphatic carbocycles. The Labute approximate surface area is 167 Å². The van der Waals surface area contributed by atoms with Crippen molar-refractivity contribution in [1.82, 2.24) is 9.88 Å². The molecule has 7 heteroatoms. The second-order valence-corrected chi connectivity index (χ2v) is 8.75. The van der Waals surface area contributed by atoms with Crippen molar-refractivity contribution in [2.75, 3.05) is 13.1 Å². The number of benzene rings is 1. The zero-order valence-electron chi connectivity index (χ0n) is 14.6. The quantitative estimate of drug-likeness (QED) is 0.687. The Morgan fingerprint density at radius 3 is 2.62 bits per heavy atom. The summed E-state index contributed by atoms with van der Waals surface area (Å²) in [7, 11) is 0. The van der Waals surface area contributed by atoms with Crippen molar-refractivity contribution < 1.29 is 4.79 Å². The van der Waals surface area contributed by atoms with E-state index in [1.54, 1.807) is 22.7 Å². The van der Waals surface area contributed by atoms with E-state index in [2.05, 4.69) is 18.0 Å². The number of hydrogen-bond donors (Lipinski definition) is 1. The Balaban J connectivity index is 0.00000196. The van der Waals surface area contributed by atoms with Gasteiger partial charge < -0.3 is 10.6 Å². The molecule has 1 aliphatic rings. The molecule has 2 N–H and O–H groups in total. The van der Waals surface area contributed by atoms with Gasteiger partial charge in [-0.2, -0.15) is 0 Å². The minimum absolute atomic E-state index is 0. The fourth-order valence-electron chi connectivity index (χ4n) is 3.33. The van der Waals surface area contributed by atoms with Crippen molar-refractivity contribution >= 4 is 51.2 Å². The Hall–Kier alpha value is -1.47. The smallest absolute Gasteiger partial charge is 0.263 e. The van der Waals surface area contributed by atoms with Crippen LogP contribution < -0.4 is 5.73 Å². The van der Waals surface area contributed by atoms with Gasteiger partial charge in [0, 0.05) is 19.1 Å². The third-order valence-electron chi connectivity index (χ3n) is 4.89. The van der Waals surface area contributed by atoms with Crippen molar-refractivity contribution in [3.05, 3.63) is 41.3 Å². The summed E-state index contributed by atoms with van der Waals surface area (Å²) in [4.78, 5) is 21.3. The third-order valence-corrected chi connectivity index (χ3v) is 7.17. The molecule has 138 valence electrons. The van der Waals surface area contributed by atoms with Gasteiger partial charge in [0.15, 0.2) is 0 Å². The lowest BCUT2D eigenvalue weighted by Gasteiger charge is -2.33. The maximum Gasteiger partial charge on any atom is 0.263 e. The van der Waals surface area contributed by atoms with Gasteiger partial charge in [-0.05, 0) is 49.9 Å². The molecule has 0 bridgehead atoms. The highest BCUT2D eigenvalue weighted by Crippen LogP contribution is 2.35. The highest BCUT2D eigenvalue weighted by atomic mass is 35.5. The number of nitrogens with two attached hydrogens (primary N) is 1. The van der Waals surface area contributed by atoms with Crippen molar-refractivity contribution in [3.63, 3.8) is 0 Å². The molecule has 1 unspecified atom stereocenters. The number of nitrogens with zero attached hydrogens (tertiary/aromatic N) is 2. The Morgan fingerprint density at radius 2 is 1.92 bits per heavy atom. The van der Waals surface area contributed by atoms with Crippen LogP contribution in [0.25, 0.3) is 20.1 Å². The number of para-hydroxylation sites is 1. The van der Waals surface area contributed by atoms with Crippen LogP contribution in [0.4, 0.5) is 0 Å². The van der Waals surface area contributed by atoms with E-state index in [0.717, 1.165) is 46.2 Å². The van der Waals surface area contributed by atoms with Gasteiger partial charge >= 0.3 is 0 Å². The monoisotopic (exact) mass is 407 g/mol.